The fourth-order valence-corrected chi connectivity index (χ4v) is 3.52. The first-order chi connectivity index (χ1) is 12.2. The summed E-state index contributed by atoms with van der Waals surface area (Å²) in [6, 6.07) is 5.30. The first-order valence-corrected chi connectivity index (χ1v) is 8.86. The molecule has 1 saturated carbocycles. The molecule has 1 aromatic heterocycles. The normalized spacial score (nSPS) is 21.8. The van der Waals surface area contributed by atoms with Gasteiger partial charge in [0.25, 0.3) is 5.91 Å². The van der Waals surface area contributed by atoms with Crippen LogP contribution in [0.3, 0.4) is 0 Å². The monoisotopic (exact) mass is 340 g/mol. The predicted molar refractivity (Wildman–Crippen MR) is 88.9 cm³/mol. The summed E-state index contributed by atoms with van der Waals surface area (Å²) in [5, 5.41) is 4.62. The van der Waals surface area contributed by atoms with Crippen LogP contribution in [0.1, 0.15) is 53.7 Å². The van der Waals surface area contributed by atoms with Crippen molar-refractivity contribution in [2.75, 3.05) is 19.8 Å². The number of carbonyl (C=O) groups is 1. The van der Waals surface area contributed by atoms with E-state index in [4.69, 9.17) is 14.5 Å². The van der Waals surface area contributed by atoms with Gasteiger partial charge in [-0.15, -0.1) is 0 Å². The van der Waals surface area contributed by atoms with Crippen molar-refractivity contribution in [2.45, 2.75) is 38.3 Å². The molecule has 0 bridgehead atoms. The molecule has 2 aromatic rings. The zero-order chi connectivity index (χ0) is 17.0. The fraction of sp³-hybridized carbons (Fsp3) is 0.500. The molecule has 25 heavy (non-hydrogen) atoms. The fourth-order valence-electron chi connectivity index (χ4n) is 3.52. The average Bonchev–Trinajstić information content (AvgIpc) is 3.40. The Balaban J connectivity index is 1.41. The van der Waals surface area contributed by atoms with Gasteiger partial charge < -0.3 is 14.4 Å². The Bertz CT molecular complexity index is 843. The molecule has 1 fully saturated rings. The Morgan fingerprint density at radius 3 is 2.76 bits per heavy atom. The molecule has 1 atom stereocenters. The average molecular weight is 340 g/mol. The van der Waals surface area contributed by atoms with Crippen LogP contribution in [-0.4, -0.2) is 45.3 Å². The number of benzene rings is 1. The summed E-state index contributed by atoms with van der Waals surface area (Å²) in [6.07, 6.45) is 2.36. The zero-order valence-corrected chi connectivity index (χ0v) is 14.1. The summed E-state index contributed by atoms with van der Waals surface area (Å²) in [7, 11) is 0. The molecular formula is C18H20N4O3. The number of hydrogen-bond donors (Lipinski definition) is 0. The van der Waals surface area contributed by atoms with Crippen molar-refractivity contribution in [3.63, 3.8) is 0 Å². The third-order valence-corrected chi connectivity index (χ3v) is 5.10. The number of nitrogens with zero attached hydrogens (tertiary/aromatic N) is 4. The van der Waals surface area contributed by atoms with E-state index in [1.165, 1.54) is 12.8 Å². The number of amides is 1. The summed E-state index contributed by atoms with van der Waals surface area (Å²) in [5.74, 6) is 3.68. The molecule has 3 aliphatic rings. The van der Waals surface area contributed by atoms with Crippen LogP contribution in [0.4, 0.5) is 0 Å². The highest BCUT2D eigenvalue weighted by Crippen LogP contribution is 2.39. The summed E-state index contributed by atoms with van der Waals surface area (Å²) < 4.78 is 13.1. The van der Waals surface area contributed by atoms with E-state index in [9.17, 15) is 4.79 Å². The van der Waals surface area contributed by atoms with E-state index in [0.29, 0.717) is 49.3 Å². The summed E-state index contributed by atoms with van der Waals surface area (Å²) in [4.78, 5) is 19.6. The van der Waals surface area contributed by atoms with Gasteiger partial charge in [-0.1, -0.05) is 0 Å². The molecule has 130 valence electrons. The second-order valence-corrected chi connectivity index (χ2v) is 6.86. The van der Waals surface area contributed by atoms with Crippen molar-refractivity contribution < 1.29 is 14.3 Å². The molecule has 0 unspecified atom stereocenters. The lowest BCUT2D eigenvalue weighted by Crippen LogP contribution is -2.41. The van der Waals surface area contributed by atoms with Crippen LogP contribution in [0.15, 0.2) is 18.2 Å². The minimum atomic E-state index is -0.0885. The quantitative estimate of drug-likeness (QED) is 0.838. The maximum absolute atomic E-state index is 13.0. The van der Waals surface area contributed by atoms with Gasteiger partial charge in [0, 0.05) is 18.0 Å². The lowest BCUT2D eigenvalue weighted by atomic mass is 10.1. The summed E-state index contributed by atoms with van der Waals surface area (Å²) in [6.45, 7) is 4.40. The molecule has 5 rings (SSSR count). The molecule has 7 nitrogen and oxygen atoms in total. The van der Waals surface area contributed by atoms with E-state index in [1.54, 1.807) is 12.1 Å². The van der Waals surface area contributed by atoms with E-state index in [-0.39, 0.29) is 11.9 Å². The number of hydrogen-bond acceptors (Lipinski definition) is 5. The molecule has 3 heterocycles. The van der Waals surface area contributed by atoms with Crippen LogP contribution in [0.25, 0.3) is 0 Å². The lowest BCUT2D eigenvalue weighted by molar-refractivity contribution is 0.0629. The molecule has 0 radical (unpaired) electrons. The van der Waals surface area contributed by atoms with Gasteiger partial charge >= 0.3 is 0 Å². The van der Waals surface area contributed by atoms with Crippen molar-refractivity contribution in [2.24, 2.45) is 0 Å². The van der Waals surface area contributed by atoms with Gasteiger partial charge in [-0.05, 0) is 38.0 Å². The van der Waals surface area contributed by atoms with E-state index < -0.39 is 0 Å². The van der Waals surface area contributed by atoms with Crippen LogP contribution >= 0.6 is 0 Å². The third-order valence-electron chi connectivity index (χ3n) is 5.10. The van der Waals surface area contributed by atoms with Crippen molar-refractivity contribution in [1.82, 2.24) is 19.7 Å². The molecule has 1 amide bonds. The second-order valence-electron chi connectivity index (χ2n) is 6.86. The van der Waals surface area contributed by atoms with Crippen molar-refractivity contribution in [3.8, 4) is 11.5 Å². The third kappa shape index (κ3) is 2.45. The number of ether oxygens (including phenoxy) is 2. The zero-order valence-electron chi connectivity index (χ0n) is 14.1. The Hall–Kier alpha value is -2.57. The van der Waals surface area contributed by atoms with Gasteiger partial charge in [-0.25, -0.2) is 9.67 Å². The minimum Gasteiger partial charge on any atom is -0.486 e. The van der Waals surface area contributed by atoms with Crippen molar-refractivity contribution in [1.29, 1.82) is 0 Å². The van der Waals surface area contributed by atoms with Crippen LogP contribution in [0.2, 0.25) is 0 Å². The van der Waals surface area contributed by atoms with Gasteiger partial charge in [-0.2, -0.15) is 5.10 Å². The molecule has 0 saturated heterocycles. The SMILES string of the molecule is C[C@@H]1c2nc(C3CC3)nn2CCN1C(=O)c1ccc2c(c1)OCCO2. The maximum Gasteiger partial charge on any atom is 0.254 e. The van der Waals surface area contributed by atoms with Gasteiger partial charge in [-0.3, -0.25) is 4.79 Å². The molecule has 0 N–H and O–H groups in total. The minimum absolute atomic E-state index is 0.00769. The number of fused-ring (bicyclic) bond motifs is 2. The topological polar surface area (TPSA) is 69.5 Å². The number of carbonyl (C=O) groups excluding carboxylic acids is 1. The Labute approximate surface area is 145 Å². The Kier molecular flexibility index (Phi) is 3.23. The summed E-state index contributed by atoms with van der Waals surface area (Å²) >= 11 is 0. The standard InChI is InChI=1S/C18H20N4O3/c1-11-17-19-16(12-2-3-12)20-22(17)7-6-21(11)18(23)13-4-5-14-15(10-13)25-9-8-24-14/h4-5,10-12H,2-3,6-9H2,1H3/t11-/m1/s1. The Morgan fingerprint density at radius 2 is 1.96 bits per heavy atom. The molecule has 2 aliphatic heterocycles. The van der Waals surface area contributed by atoms with E-state index in [1.807, 2.05) is 22.6 Å². The van der Waals surface area contributed by atoms with Crippen LogP contribution < -0.4 is 9.47 Å². The summed E-state index contributed by atoms with van der Waals surface area (Å²) in [5.41, 5.74) is 0.617. The Morgan fingerprint density at radius 1 is 1.16 bits per heavy atom. The van der Waals surface area contributed by atoms with Crippen LogP contribution in [0, 0.1) is 0 Å². The predicted octanol–water partition coefficient (Wildman–Crippen LogP) is 2.14. The maximum atomic E-state index is 13.0. The first-order valence-electron chi connectivity index (χ1n) is 8.86. The molecule has 7 heteroatoms. The van der Waals surface area contributed by atoms with Gasteiger partial charge in [0.1, 0.15) is 19.0 Å². The largest absolute Gasteiger partial charge is 0.486 e. The number of aromatic nitrogens is 3. The molecular weight excluding hydrogens is 320 g/mol. The van der Waals surface area contributed by atoms with Gasteiger partial charge in [0.2, 0.25) is 0 Å². The van der Waals surface area contributed by atoms with Crippen LogP contribution in [0.5, 0.6) is 11.5 Å². The highest BCUT2D eigenvalue weighted by Gasteiger charge is 2.35. The van der Waals surface area contributed by atoms with E-state index in [0.717, 1.165) is 11.6 Å². The smallest absolute Gasteiger partial charge is 0.254 e. The molecule has 1 aromatic carbocycles. The highest BCUT2D eigenvalue weighted by atomic mass is 16.6. The highest BCUT2D eigenvalue weighted by molar-refractivity contribution is 5.95. The van der Waals surface area contributed by atoms with Crippen LogP contribution in [-0.2, 0) is 6.54 Å². The van der Waals surface area contributed by atoms with Crippen molar-refractivity contribution >= 4 is 5.91 Å². The number of rotatable bonds is 2. The van der Waals surface area contributed by atoms with E-state index >= 15 is 0 Å². The van der Waals surface area contributed by atoms with Crippen molar-refractivity contribution in [3.05, 3.63) is 35.4 Å². The van der Waals surface area contributed by atoms with E-state index in [2.05, 4.69) is 5.10 Å². The molecule has 0 spiro atoms. The van der Waals surface area contributed by atoms with Gasteiger partial charge in [0.15, 0.2) is 17.3 Å². The second kappa shape index (κ2) is 5.47. The molecule has 1 aliphatic carbocycles. The van der Waals surface area contributed by atoms with Gasteiger partial charge in [0.05, 0.1) is 12.6 Å². The lowest BCUT2D eigenvalue weighted by Gasteiger charge is -2.33. The first kappa shape index (κ1) is 14.7.